The summed E-state index contributed by atoms with van der Waals surface area (Å²) in [5.74, 6) is -0.104. The molecule has 2 rings (SSSR count). The lowest BCUT2D eigenvalue weighted by molar-refractivity contribution is -0.123. The minimum absolute atomic E-state index is 0.0797. The van der Waals surface area contributed by atoms with Crippen molar-refractivity contribution in [3.05, 3.63) is 17.9 Å². The molecular weight excluding hydrogens is 249 g/mol. The number of benzene rings is 1. The molecule has 1 atom stereocenters. The van der Waals surface area contributed by atoms with Crippen LogP contribution in [0.25, 0.3) is 0 Å². The van der Waals surface area contributed by atoms with Gasteiger partial charge in [-0.1, -0.05) is 6.92 Å². The second kappa shape index (κ2) is 5.34. The van der Waals surface area contributed by atoms with Gasteiger partial charge >= 0.3 is 0 Å². The van der Waals surface area contributed by atoms with Gasteiger partial charge in [0.25, 0.3) is 0 Å². The third-order valence-electron chi connectivity index (χ3n) is 3.33. The SMILES string of the molecule is CCC1C(=O)NCCN1c1cc(OC)c(N)cc1F. The standard InChI is InChI=1S/C13H18FN3O2/c1-3-10-13(18)16-4-5-17(10)11-7-12(19-2)9(15)6-8(11)14/h6-7,10H,3-5,15H2,1-2H3,(H,16,18). The van der Waals surface area contributed by atoms with Crippen LogP contribution in [0.5, 0.6) is 5.75 Å². The Balaban J connectivity index is 2.42. The van der Waals surface area contributed by atoms with E-state index in [4.69, 9.17) is 10.5 Å². The van der Waals surface area contributed by atoms with Gasteiger partial charge in [0.1, 0.15) is 17.6 Å². The van der Waals surface area contributed by atoms with Gasteiger partial charge in [-0.2, -0.15) is 0 Å². The highest BCUT2D eigenvalue weighted by Crippen LogP contribution is 2.32. The van der Waals surface area contributed by atoms with Crippen molar-refractivity contribution in [2.24, 2.45) is 0 Å². The number of nitrogens with zero attached hydrogens (tertiary/aromatic N) is 1. The number of carbonyl (C=O) groups excluding carboxylic acids is 1. The zero-order valence-corrected chi connectivity index (χ0v) is 11.1. The third-order valence-corrected chi connectivity index (χ3v) is 3.33. The largest absolute Gasteiger partial charge is 0.495 e. The number of amides is 1. The number of piperazine rings is 1. The first-order valence-electron chi connectivity index (χ1n) is 6.25. The summed E-state index contributed by atoms with van der Waals surface area (Å²) in [6.45, 7) is 2.96. The molecule has 1 heterocycles. The first-order chi connectivity index (χ1) is 9.08. The Labute approximate surface area is 111 Å². The molecule has 1 aromatic carbocycles. The van der Waals surface area contributed by atoms with E-state index in [1.807, 2.05) is 6.92 Å². The van der Waals surface area contributed by atoms with Gasteiger partial charge in [-0.3, -0.25) is 4.79 Å². The molecule has 0 saturated carbocycles. The summed E-state index contributed by atoms with van der Waals surface area (Å²) in [7, 11) is 1.48. The monoisotopic (exact) mass is 267 g/mol. The number of halogens is 1. The van der Waals surface area contributed by atoms with E-state index in [1.165, 1.54) is 13.2 Å². The molecule has 1 fully saturated rings. The maximum Gasteiger partial charge on any atom is 0.242 e. The van der Waals surface area contributed by atoms with Crippen LogP contribution in [0.15, 0.2) is 12.1 Å². The number of nitrogens with two attached hydrogens (primary N) is 1. The molecule has 104 valence electrons. The van der Waals surface area contributed by atoms with Gasteiger partial charge < -0.3 is 20.7 Å². The molecule has 0 aliphatic carbocycles. The van der Waals surface area contributed by atoms with Gasteiger partial charge in [0.05, 0.1) is 18.5 Å². The molecule has 3 N–H and O–H groups in total. The second-order valence-electron chi connectivity index (χ2n) is 4.45. The van der Waals surface area contributed by atoms with Crippen LogP contribution in [0.4, 0.5) is 15.8 Å². The summed E-state index contributed by atoms with van der Waals surface area (Å²) >= 11 is 0. The summed E-state index contributed by atoms with van der Waals surface area (Å²) in [4.78, 5) is 13.6. The first kappa shape index (κ1) is 13.5. The second-order valence-corrected chi connectivity index (χ2v) is 4.45. The van der Waals surface area contributed by atoms with Crippen molar-refractivity contribution in [2.75, 3.05) is 30.8 Å². The number of methoxy groups -OCH3 is 1. The predicted molar refractivity (Wildman–Crippen MR) is 71.8 cm³/mol. The number of hydrogen-bond acceptors (Lipinski definition) is 4. The molecule has 0 radical (unpaired) electrons. The average molecular weight is 267 g/mol. The summed E-state index contributed by atoms with van der Waals surface area (Å²) in [5, 5.41) is 2.78. The lowest BCUT2D eigenvalue weighted by Crippen LogP contribution is -2.55. The molecule has 6 heteroatoms. The number of ether oxygens (including phenoxy) is 1. The van der Waals surface area contributed by atoms with Crippen LogP contribution >= 0.6 is 0 Å². The normalized spacial score (nSPS) is 19.2. The third kappa shape index (κ3) is 2.43. The lowest BCUT2D eigenvalue weighted by Gasteiger charge is -2.36. The summed E-state index contributed by atoms with van der Waals surface area (Å²) in [6, 6.07) is 2.41. The molecule has 0 spiro atoms. The van der Waals surface area contributed by atoms with Gasteiger partial charge in [0, 0.05) is 25.2 Å². The van der Waals surface area contributed by atoms with Crippen molar-refractivity contribution in [3.63, 3.8) is 0 Å². The number of nitrogens with one attached hydrogen (secondary N) is 1. The lowest BCUT2D eigenvalue weighted by atomic mass is 10.1. The van der Waals surface area contributed by atoms with Gasteiger partial charge in [0.15, 0.2) is 0 Å². The summed E-state index contributed by atoms with van der Waals surface area (Å²) < 4.78 is 19.2. The van der Waals surface area contributed by atoms with Crippen molar-refractivity contribution in [3.8, 4) is 5.75 Å². The highest BCUT2D eigenvalue weighted by molar-refractivity contribution is 5.86. The molecular formula is C13H18FN3O2. The van der Waals surface area contributed by atoms with E-state index in [0.29, 0.717) is 30.9 Å². The van der Waals surface area contributed by atoms with Crippen LogP contribution in [-0.2, 0) is 4.79 Å². The van der Waals surface area contributed by atoms with E-state index in [9.17, 15) is 9.18 Å². The average Bonchev–Trinajstić information content (AvgIpc) is 2.39. The Morgan fingerprint density at radius 2 is 2.32 bits per heavy atom. The van der Waals surface area contributed by atoms with E-state index >= 15 is 0 Å². The van der Waals surface area contributed by atoms with Gasteiger partial charge in [-0.15, -0.1) is 0 Å². The number of anilines is 2. The maximum absolute atomic E-state index is 14.1. The van der Waals surface area contributed by atoms with Crippen LogP contribution in [0, 0.1) is 5.82 Å². The summed E-state index contributed by atoms with van der Waals surface area (Å²) in [6.07, 6.45) is 0.609. The minimum Gasteiger partial charge on any atom is -0.495 e. The Morgan fingerprint density at radius 1 is 1.58 bits per heavy atom. The van der Waals surface area contributed by atoms with Crippen LogP contribution in [0.1, 0.15) is 13.3 Å². The van der Waals surface area contributed by atoms with E-state index in [-0.39, 0.29) is 17.6 Å². The van der Waals surface area contributed by atoms with Crippen LogP contribution in [0.3, 0.4) is 0 Å². The molecule has 5 nitrogen and oxygen atoms in total. The van der Waals surface area contributed by atoms with Gasteiger partial charge in [-0.25, -0.2) is 4.39 Å². The van der Waals surface area contributed by atoms with Crippen molar-refractivity contribution in [2.45, 2.75) is 19.4 Å². The fourth-order valence-corrected chi connectivity index (χ4v) is 2.36. The molecule has 1 saturated heterocycles. The van der Waals surface area contributed by atoms with Crippen molar-refractivity contribution in [1.82, 2.24) is 5.32 Å². The molecule has 1 unspecified atom stereocenters. The smallest absolute Gasteiger partial charge is 0.242 e. The van der Waals surface area contributed by atoms with Crippen LogP contribution in [0.2, 0.25) is 0 Å². The van der Waals surface area contributed by atoms with Crippen molar-refractivity contribution in [1.29, 1.82) is 0 Å². The van der Waals surface area contributed by atoms with E-state index < -0.39 is 5.82 Å². The van der Waals surface area contributed by atoms with E-state index in [2.05, 4.69) is 5.32 Å². The Bertz CT molecular complexity index is 493. The zero-order valence-electron chi connectivity index (χ0n) is 11.1. The fraction of sp³-hybridized carbons (Fsp3) is 0.462. The fourth-order valence-electron chi connectivity index (χ4n) is 2.36. The molecule has 1 aliphatic heterocycles. The maximum atomic E-state index is 14.1. The molecule has 19 heavy (non-hydrogen) atoms. The summed E-state index contributed by atoms with van der Waals surface area (Å²) in [5.41, 5.74) is 6.26. The Hall–Kier alpha value is -1.98. The highest BCUT2D eigenvalue weighted by atomic mass is 19.1. The van der Waals surface area contributed by atoms with E-state index in [0.717, 1.165) is 0 Å². The van der Waals surface area contributed by atoms with Gasteiger partial charge in [0.2, 0.25) is 5.91 Å². The quantitative estimate of drug-likeness (QED) is 0.806. The first-order valence-corrected chi connectivity index (χ1v) is 6.25. The number of rotatable bonds is 3. The van der Waals surface area contributed by atoms with Crippen LogP contribution in [-0.4, -0.2) is 32.1 Å². The zero-order chi connectivity index (χ0) is 14.0. The number of carbonyl (C=O) groups is 1. The minimum atomic E-state index is -0.438. The van der Waals surface area contributed by atoms with Crippen molar-refractivity contribution < 1.29 is 13.9 Å². The predicted octanol–water partition coefficient (Wildman–Crippen LogP) is 1.13. The number of nitrogen functional groups attached to an aromatic ring is 1. The van der Waals surface area contributed by atoms with Gasteiger partial charge in [-0.05, 0) is 6.42 Å². The van der Waals surface area contributed by atoms with Crippen LogP contribution < -0.4 is 20.7 Å². The highest BCUT2D eigenvalue weighted by Gasteiger charge is 2.30. The Kier molecular flexibility index (Phi) is 3.78. The molecule has 1 amide bonds. The van der Waals surface area contributed by atoms with E-state index in [1.54, 1.807) is 11.0 Å². The molecule has 0 bridgehead atoms. The van der Waals surface area contributed by atoms with Crippen molar-refractivity contribution >= 4 is 17.3 Å². The topological polar surface area (TPSA) is 67.6 Å². The molecule has 1 aliphatic rings. The molecule has 1 aromatic rings. The Morgan fingerprint density at radius 3 is 2.95 bits per heavy atom. The molecule has 0 aromatic heterocycles. The number of hydrogen-bond donors (Lipinski definition) is 2.